The third kappa shape index (κ3) is 3.22. The van der Waals surface area contributed by atoms with Gasteiger partial charge in [-0.25, -0.2) is 0 Å². The number of aliphatic hydroxyl groups excluding tert-OH is 1. The SMILES string of the molecule is C[C@@H](CO)[NH2+]CCOc1cccc2ccccc12. The van der Waals surface area contributed by atoms with E-state index >= 15 is 0 Å². The van der Waals surface area contributed by atoms with E-state index in [0.717, 1.165) is 17.7 Å². The summed E-state index contributed by atoms with van der Waals surface area (Å²) in [7, 11) is 0. The lowest BCUT2D eigenvalue weighted by atomic mass is 10.1. The highest BCUT2D eigenvalue weighted by Crippen LogP contribution is 2.24. The topological polar surface area (TPSA) is 46.1 Å². The summed E-state index contributed by atoms with van der Waals surface area (Å²) in [6, 6.07) is 14.5. The zero-order valence-electron chi connectivity index (χ0n) is 10.7. The molecular weight excluding hydrogens is 226 g/mol. The molecule has 0 aromatic heterocycles. The van der Waals surface area contributed by atoms with E-state index in [0.29, 0.717) is 6.61 Å². The second-order valence-corrected chi connectivity index (χ2v) is 4.51. The van der Waals surface area contributed by atoms with Gasteiger partial charge in [0.1, 0.15) is 24.9 Å². The molecule has 0 aliphatic carbocycles. The highest BCUT2D eigenvalue weighted by Gasteiger charge is 2.03. The molecule has 3 heteroatoms. The molecule has 0 spiro atoms. The van der Waals surface area contributed by atoms with Crippen molar-refractivity contribution in [2.45, 2.75) is 13.0 Å². The maximum Gasteiger partial charge on any atom is 0.137 e. The van der Waals surface area contributed by atoms with E-state index in [2.05, 4.69) is 23.5 Å². The van der Waals surface area contributed by atoms with E-state index in [1.807, 2.05) is 31.2 Å². The van der Waals surface area contributed by atoms with E-state index in [9.17, 15) is 0 Å². The highest BCUT2D eigenvalue weighted by atomic mass is 16.5. The Hall–Kier alpha value is -1.58. The summed E-state index contributed by atoms with van der Waals surface area (Å²) in [5, 5.41) is 13.4. The molecule has 18 heavy (non-hydrogen) atoms. The monoisotopic (exact) mass is 246 g/mol. The van der Waals surface area contributed by atoms with Gasteiger partial charge in [-0.05, 0) is 18.4 Å². The molecule has 1 atom stereocenters. The fourth-order valence-electron chi connectivity index (χ4n) is 1.92. The van der Waals surface area contributed by atoms with Crippen LogP contribution in [0.3, 0.4) is 0 Å². The van der Waals surface area contributed by atoms with Crippen molar-refractivity contribution in [3.8, 4) is 5.75 Å². The molecular formula is C15H20NO2+. The minimum atomic E-state index is 0.203. The second-order valence-electron chi connectivity index (χ2n) is 4.51. The molecule has 0 amide bonds. The quantitative estimate of drug-likeness (QED) is 0.751. The molecule has 3 N–H and O–H groups in total. The fourth-order valence-corrected chi connectivity index (χ4v) is 1.92. The Bertz CT molecular complexity index is 493. The maximum atomic E-state index is 8.92. The number of hydrogen-bond donors (Lipinski definition) is 2. The largest absolute Gasteiger partial charge is 0.487 e. The Labute approximate surface area is 107 Å². The van der Waals surface area contributed by atoms with Gasteiger partial charge in [-0.2, -0.15) is 0 Å². The van der Waals surface area contributed by atoms with Gasteiger partial charge in [0.25, 0.3) is 0 Å². The number of nitrogens with two attached hydrogens (primary N) is 1. The molecule has 2 aromatic rings. The average Bonchev–Trinajstić information content (AvgIpc) is 2.43. The Balaban J connectivity index is 1.95. The van der Waals surface area contributed by atoms with Crippen LogP contribution < -0.4 is 10.1 Å². The van der Waals surface area contributed by atoms with Crippen LogP contribution in [0.4, 0.5) is 0 Å². The van der Waals surface area contributed by atoms with Crippen molar-refractivity contribution in [1.29, 1.82) is 0 Å². The molecule has 0 aliphatic rings. The predicted molar refractivity (Wildman–Crippen MR) is 72.8 cm³/mol. The number of benzene rings is 2. The Morgan fingerprint density at radius 2 is 1.94 bits per heavy atom. The summed E-state index contributed by atoms with van der Waals surface area (Å²) in [6.07, 6.45) is 0. The molecule has 2 rings (SSSR count). The van der Waals surface area contributed by atoms with E-state index in [1.54, 1.807) is 0 Å². The first-order chi connectivity index (χ1) is 8.81. The highest BCUT2D eigenvalue weighted by molar-refractivity contribution is 5.88. The molecule has 0 saturated carbocycles. The minimum absolute atomic E-state index is 0.203. The van der Waals surface area contributed by atoms with Crippen LogP contribution in [-0.2, 0) is 0 Å². The first-order valence-electron chi connectivity index (χ1n) is 6.36. The molecule has 0 saturated heterocycles. The van der Waals surface area contributed by atoms with E-state index in [-0.39, 0.29) is 12.6 Å². The molecule has 0 fully saturated rings. The van der Waals surface area contributed by atoms with Crippen molar-refractivity contribution in [3.05, 3.63) is 42.5 Å². The molecule has 96 valence electrons. The lowest BCUT2D eigenvalue weighted by Crippen LogP contribution is -2.91. The number of rotatable bonds is 6. The molecule has 0 heterocycles. The van der Waals surface area contributed by atoms with Crippen LogP contribution in [0.5, 0.6) is 5.75 Å². The van der Waals surface area contributed by atoms with Crippen LogP contribution in [0.15, 0.2) is 42.5 Å². The first kappa shape index (κ1) is 12.9. The summed E-state index contributed by atoms with van der Waals surface area (Å²) in [5.74, 6) is 0.929. The molecule has 0 radical (unpaired) electrons. The van der Waals surface area contributed by atoms with Crippen molar-refractivity contribution in [1.82, 2.24) is 0 Å². The molecule has 3 nitrogen and oxygen atoms in total. The van der Waals surface area contributed by atoms with Crippen molar-refractivity contribution >= 4 is 10.8 Å². The summed E-state index contributed by atoms with van der Waals surface area (Å²) >= 11 is 0. The van der Waals surface area contributed by atoms with Crippen molar-refractivity contribution in [2.75, 3.05) is 19.8 Å². The van der Waals surface area contributed by atoms with Crippen LogP contribution in [0.2, 0.25) is 0 Å². The van der Waals surface area contributed by atoms with Gasteiger partial charge in [0, 0.05) is 5.39 Å². The summed E-state index contributed by atoms with van der Waals surface area (Å²) in [4.78, 5) is 0. The van der Waals surface area contributed by atoms with E-state index < -0.39 is 0 Å². The molecule has 0 unspecified atom stereocenters. The van der Waals surface area contributed by atoms with Gasteiger partial charge in [0.15, 0.2) is 0 Å². The van der Waals surface area contributed by atoms with Gasteiger partial charge in [-0.15, -0.1) is 0 Å². The normalized spacial score (nSPS) is 12.6. The van der Waals surface area contributed by atoms with Crippen molar-refractivity contribution in [2.24, 2.45) is 0 Å². The summed E-state index contributed by atoms with van der Waals surface area (Å²) in [5.41, 5.74) is 0. The van der Waals surface area contributed by atoms with Gasteiger partial charge in [-0.3, -0.25) is 0 Å². The standard InChI is InChI=1S/C15H19NO2/c1-12(11-17)16-9-10-18-15-8-4-6-13-5-2-3-7-14(13)15/h2-8,12,16-17H,9-11H2,1H3/p+1/t12-/m0/s1. The lowest BCUT2D eigenvalue weighted by Gasteiger charge is -2.10. The van der Waals surface area contributed by atoms with Gasteiger partial charge in [0.05, 0.1) is 6.61 Å². The Kier molecular flexibility index (Phi) is 4.56. The third-order valence-corrected chi connectivity index (χ3v) is 2.98. The molecule has 0 bridgehead atoms. The second kappa shape index (κ2) is 6.38. The first-order valence-corrected chi connectivity index (χ1v) is 6.36. The summed E-state index contributed by atoms with van der Waals surface area (Å²) < 4.78 is 5.80. The van der Waals surface area contributed by atoms with Gasteiger partial charge < -0.3 is 15.2 Å². The van der Waals surface area contributed by atoms with Crippen molar-refractivity contribution in [3.63, 3.8) is 0 Å². The Morgan fingerprint density at radius 3 is 2.78 bits per heavy atom. The maximum absolute atomic E-state index is 8.92. The van der Waals surface area contributed by atoms with Gasteiger partial charge >= 0.3 is 0 Å². The van der Waals surface area contributed by atoms with Crippen molar-refractivity contribution < 1.29 is 15.2 Å². The van der Waals surface area contributed by atoms with Crippen LogP contribution in [0.25, 0.3) is 10.8 Å². The predicted octanol–water partition coefficient (Wildman–Crippen LogP) is 1.16. The summed E-state index contributed by atoms with van der Waals surface area (Å²) in [6.45, 7) is 3.70. The number of hydrogen-bond acceptors (Lipinski definition) is 2. The number of aliphatic hydroxyl groups is 1. The van der Waals surface area contributed by atoms with E-state index in [1.165, 1.54) is 5.39 Å². The Morgan fingerprint density at radius 1 is 1.17 bits per heavy atom. The number of ether oxygens (including phenoxy) is 1. The number of fused-ring (bicyclic) bond motifs is 1. The van der Waals surface area contributed by atoms with Crippen LogP contribution in [0.1, 0.15) is 6.92 Å². The molecule has 2 aromatic carbocycles. The zero-order chi connectivity index (χ0) is 12.8. The van der Waals surface area contributed by atoms with E-state index in [4.69, 9.17) is 9.84 Å². The number of quaternary nitrogens is 1. The minimum Gasteiger partial charge on any atom is -0.487 e. The fraction of sp³-hybridized carbons (Fsp3) is 0.333. The average molecular weight is 246 g/mol. The lowest BCUT2D eigenvalue weighted by molar-refractivity contribution is -0.688. The van der Waals surface area contributed by atoms with Crippen LogP contribution in [-0.4, -0.2) is 30.9 Å². The smallest absolute Gasteiger partial charge is 0.137 e. The van der Waals surface area contributed by atoms with Crippen LogP contribution in [0, 0.1) is 0 Å². The third-order valence-electron chi connectivity index (χ3n) is 2.98. The van der Waals surface area contributed by atoms with Crippen LogP contribution >= 0.6 is 0 Å². The molecule has 0 aliphatic heterocycles. The van der Waals surface area contributed by atoms with Gasteiger partial charge in [-0.1, -0.05) is 36.4 Å². The zero-order valence-corrected chi connectivity index (χ0v) is 10.7. The van der Waals surface area contributed by atoms with Gasteiger partial charge in [0.2, 0.25) is 0 Å².